The number of rotatable bonds is 4. The number of nitrogens with zero attached hydrogens (tertiary/aromatic N) is 2. The smallest absolute Gasteiger partial charge is 0.335 e. The number of carboxylic acid groups (broad SMARTS) is 1. The maximum atomic E-state index is 12.3. The summed E-state index contributed by atoms with van der Waals surface area (Å²) >= 11 is 6.24. The van der Waals surface area contributed by atoms with Crippen molar-refractivity contribution in [3.05, 3.63) is 58.4 Å². The summed E-state index contributed by atoms with van der Waals surface area (Å²) in [5.41, 5.74) is 1.50. The third-order valence-electron chi connectivity index (χ3n) is 4.78. The Bertz CT molecular complexity index is 1080. The largest absolute Gasteiger partial charge is 0.478 e. The SMILES string of the molecule is CC(C)n1ncc2c1NC(=O)CC2c1ccc(-c2cc(C(=O)O)ccc2Cl)o1. The van der Waals surface area contributed by atoms with Gasteiger partial charge < -0.3 is 14.8 Å². The zero-order valence-corrected chi connectivity index (χ0v) is 16.0. The Kier molecular flexibility index (Phi) is 4.47. The van der Waals surface area contributed by atoms with Crippen LogP contribution in [0.15, 0.2) is 40.9 Å². The lowest BCUT2D eigenvalue weighted by atomic mass is 9.92. The highest BCUT2D eigenvalue weighted by molar-refractivity contribution is 6.33. The van der Waals surface area contributed by atoms with Gasteiger partial charge in [-0.15, -0.1) is 0 Å². The average molecular weight is 400 g/mol. The molecule has 4 rings (SSSR count). The molecule has 3 heterocycles. The number of halogens is 1. The van der Waals surface area contributed by atoms with Gasteiger partial charge in [0.25, 0.3) is 0 Å². The van der Waals surface area contributed by atoms with Gasteiger partial charge in [-0.1, -0.05) is 11.6 Å². The summed E-state index contributed by atoms with van der Waals surface area (Å²) in [4.78, 5) is 23.5. The maximum Gasteiger partial charge on any atom is 0.335 e. The Hall–Kier alpha value is -3.06. The highest BCUT2D eigenvalue weighted by atomic mass is 35.5. The molecule has 2 N–H and O–H groups in total. The second-order valence-corrected chi connectivity index (χ2v) is 7.40. The molecule has 3 aromatic rings. The molecular weight excluding hydrogens is 382 g/mol. The van der Waals surface area contributed by atoms with E-state index in [9.17, 15) is 14.7 Å². The number of nitrogens with one attached hydrogen (secondary N) is 1. The van der Waals surface area contributed by atoms with Gasteiger partial charge >= 0.3 is 5.97 Å². The van der Waals surface area contributed by atoms with Crippen molar-refractivity contribution in [2.24, 2.45) is 0 Å². The molecule has 0 radical (unpaired) electrons. The van der Waals surface area contributed by atoms with Crippen molar-refractivity contribution in [1.82, 2.24) is 9.78 Å². The first-order valence-electron chi connectivity index (χ1n) is 8.85. The zero-order chi connectivity index (χ0) is 20.0. The molecule has 8 heteroatoms. The predicted octanol–water partition coefficient (Wildman–Crippen LogP) is 4.55. The second kappa shape index (κ2) is 6.83. The van der Waals surface area contributed by atoms with Crippen LogP contribution in [0.2, 0.25) is 5.02 Å². The molecule has 0 aliphatic carbocycles. The second-order valence-electron chi connectivity index (χ2n) is 6.99. The topological polar surface area (TPSA) is 97.4 Å². The van der Waals surface area contributed by atoms with Crippen LogP contribution in [0, 0.1) is 0 Å². The van der Waals surface area contributed by atoms with E-state index in [4.69, 9.17) is 16.0 Å². The fourth-order valence-electron chi connectivity index (χ4n) is 3.42. The lowest BCUT2D eigenvalue weighted by molar-refractivity contribution is -0.116. The normalized spacial score (nSPS) is 16.1. The molecule has 2 aromatic heterocycles. The molecule has 0 saturated heterocycles. The first-order chi connectivity index (χ1) is 13.3. The molecule has 1 atom stereocenters. The lowest BCUT2D eigenvalue weighted by Crippen LogP contribution is -2.25. The third-order valence-corrected chi connectivity index (χ3v) is 5.11. The van der Waals surface area contributed by atoms with Crippen molar-refractivity contribution < 1.29 is 19.1 Å². The molecule has 1 amide bonds. The summed E-state index contributed by atoms with van der Waals surface area (Å²) in [6.45, 7) is 3.98. The van der Waals surface area contributed by atoms with Crippen molar-refractivity contribution >= 4 is 29.3 Å². The summed E-state index contributed by atoms with van der Waals surface area (Å²) in [5.74, 6) is 0.313. The van der Waals surface area contributed by atoms with Crippen molar-refractivity contribution in [2.45, 2.75) is 32.2 Å². The summed E-state index contributed by atoms with van der Waals surface area (Å²) in [6.07, 6.45) is 1.99. The minimum absolute atomic E-state index is 0.104. The van der Waals surface area contributed by atoms with Gasteiger partial charge in [-0.25, -0.2) is 9.48 Å². The van der Waals surface area contributed by atoms with E-state index in [1.165, 1.54) is 18.2 Å². The van der Waals surface area contributed by atoms with Crippen LogP contribution in [0.4, 0.5) is 5.82 Å². The van der Waals surface area contributed by atoms with Crippen molar-refractivity contribution in [3.8, 4) is 11.3 Å². The predicted molar refractivity (Wildman–Crippen MR) is 104 cm³/mol. The lowest BCUT2D eigenvalue weighted by Gasteiger charge is -2.23. The van der Waals surface area contributed by atoms with Crippen LogP contribution in [0.3, 0.4) is 0 Å². The Balaban J connectivity index is 1.74. The molecular formula is C20H18ClN3O4. The van der Waals surface area contributed by atoms with Gasteiger partial charge in [0.05, 0.1) is 22.7 Å². The van der Waals surface area contributed by atoms with Gasteiger partial charge in [0.15, 0.2) is 0 Å². The summed E-state index contributed by atoms with van der Waals surface area (Å²) < 4.78 is 7.78. The summed E-state index contributed by atoms with van der Waals surface area (Å²) in [5, 5.41) is 16.9. The zero-order valence-electron chi connectivity index (χ0n) is 15.3. The quantitative estimate of drug-likeness (QED) is 0.670. The monoisotopic (exact) mass is 399 g/mol. The number of benzene rings is 1. The number of hydrogen-bond acceptors (Lipinski definition) is 4. The van der Waals surface area contributed by atoms with E-state index in [1.54, 1.807) is 23.0 Å². The van der Waals surface area contributed by atoms with E-state index < -0.39 is 5.97 Å². The van der Waals surface area contributed by atoms with E-state index in [2.05, 4.69) is 10.4 Å². The van der Waals surface area contributed by atoms with E-state index in [0.29, 0.717) is 27.9 Å². The molecule has 7 nitrogen and oxygen atoms in total. The minimum Gasteiger partial charge on any atom is -0.478 e. The van der Waals surface area contributed by atoms with Crippen molar-refractivity contribution in [1.29, 1.82) is 0 Å². The number of furan rings is 1. The van der Waals surface area contributed by atoms with Gasteiger partial charge in [-0.05, 0) is 44.2 Å². The van der Waals surface area contributed by atoms with Gasteiger partial charge in [-0.3, -0.25) is 4.79 Å². The molecule has 0 saturated carbocycles. The van der Waals surface area contributed by atoms with Crippen LogP contribution in [0.5, 0.6) is 0 Å². The van der Waals surface area contributed by atoms with Crippen LogP contribution in [0.25, 0.3) is 11.3 Å². The van der Waals surface area contributed by atoms with E-state index in [-0.39, 0.29) is 29.9 Å². The Morgan fingerprint density at radius 1 is 1.36 bits per heavy atom. The fourth-order valence-corrected chi connectivity index (χ4v) is 3.63. The number of aromatic carboxylic acids is 1. The number of fused-ring (bicyclic) bond motifs is 1. The molecule has 0 fully saturated rings. The summed E-state index contributed by atoms with van der Waals surface area (Å²) in [7, 11) is 0. The number of anilines is 1. The van der Waals surface area contributed by atoms with Gasteiger partial charge in [0.1, 0.15) is 17.3 Å². The Morgan fingerprint density at radius 3 is 2.86 bits per heavy atom. The van der Waals surface area contributed by atoms with Crippen LogP contribution >= 0.6 is 11.6 Å². The number of carboxylic acids is 1. The van der Waals surface area contributed by atoms with Crippen molar-refractivity contribution in [3.63, 3.8) is 0 Å². The Morgan fingerprint density at radius 2 is 2.14 bits per heavy atom. The standard InChI is InChI=1S/C20H18ClN3O4/c1-10(2)24-19-14(9-22-24)12(8-18(25)23-19)16-5-6-17(28-16)13-7-11(20(26)27)3-4-15(13)21/h3-7,9-10,12H,8H2,1-2H3,(H,23,25)(H,26,27). The molecule has 1 aliphatic heterocycles. The number of hydrogen-bond donors (Lipinski definition) is 2. The highest BCUT2D eigenvalue weighted by Crippen LogP contribution is 2.40. The first-order valence-corrected chi connectivity index (χ1v) is 9.23. The first kappa shape index (κ1) is 18.3. The summed E-state index contributed by atoms with van der Waals surface area (Å²) in [6, 6.07) is 8.08. The molecule has 1 aromatic carbocycles. The molecule has 1 unspecified atom stereocenters. The third kappa shape index (κ3) is 3.07. The molecule has 0 bridgehead atoms. The molecule has 144 valence electrons. The van der Waals surface area contributed by atoms with Crippen LogP contribution in [0.1, 0.15) is 53.9 Å². The van der Waals surface area contributed by atoms with Gasteiger partial charge in [0.2, 0.25) is 5.91 Å². The van der Waals surface area contributed by atoms with E-state index in [1.807, 2.05) is 13.8 Å². The number of aromatic nitrogens is 2. The van der Waals surface area contributed by atoms with Gasteiger partial charge in [0, 0.05) is 23.6 Å². The highest BCUT2D eigenvalue weighted by Gasteiger charge is 2.32. The number of amides is 1. The minimum atomic E-state index is -1.04. The number of carbonyl (C=O) groups excluding carboxylic acids is 1. The van der Waals surface area contributed by atoms with Crippen LogP contribution in [-0.4, -0.2) is 26.8 Å². The molecule has 28 heavy (non-hydrogen) atoms. The maximum absolute atomic E-state index is 12.3. The molecule has 1 aliphatic rings. The Labute approximate surface area is 165 Å². The van der Waals surface area contributed by atoms with Crippen molar-refractivity contribution in [2.75, 3.05) is 5.32 Å². The molecule has 0 spiro atoms. The van der Waals surface area contributed by atoms with E-state index >= 15 is 0 Å². The van der Waals surface area contributed by atoms with Crippen LogP contribution < -0.4 is 5.32 Å². The van der Waals surface area contributed by atoms with E-state index in [0.717, 1.165) is 5.56 Å². The number of carbonyl (C=O) groups is 2. The van der Waals surface area contributed by atoms with Gasteiger partial charge in [-0.2, -0.15) is 5.10 Å². The average Bonchev–Trinajstić information content (AvgIpc) is 3.28. The fraction of sp³-hybridized carbons (Fsp3) is 0.250. The van der Waals surface area contributed by atoms with Crippen LogP contribution in [-0.2, 0) is 4.79 Å².